The molecule has 0 aliphatic carbocycles. The number of aromatic nitrogens is 2. The molecule has 0 amide bonds. The minimum absolute atomic E-state index is 0.0139. The summed E-state index contributed by atoms with van der Waals surface area (Å²) in [6, 6.07) is 7.53. The molecule has 0 aliphatic heterocycles. The molecular formula is C12H15N3O. The summed E-state index contributed by atoms with van der Waals surface area (Å²) in [5, 5.41) is 5.79. The van der Waals surface area contributed by atoms with Crippen LogP contribution >= 0.6 is 0 Å². The zero-order valence-electron chi connectivity index (χ0n) is 9.55. The van der Waals surface area contributed by atoms with Crippen LogP contribution in [0.15, 0.2) is 35.3 Å². The highest BCUT2D eigenvalue weighted by Gasteiger charge is 2.02. The molecule has 1 aromatic carbocycles. The number of likely N-dealkylation sites (N-methyl/N-ethyl adjacent to an activating group) is 1. The lowest BCUT2D eigenvalue weighted by Crippen LogP contribution is -2.28. The summed E-state index contributed by atoms with van der Waals surface area (Å²) in [5.41, 5.74) is -0.0139. The van der Waals surface area contributed by atoms with Crippen molar-refractivity contribution in [3.63, 3.8) is 0 Å². The smallest absolute Gasteiger partial charge is 0.274 e. The highest BCUT2D eigenvalue weighted by molar-refractivity contribution is 5.80. The van der Waals surface area contributed by atoms with Crippen molar-refractivity contribution in [1.29, 1.82) is 0 Å². The fraction of sp³-hybridized carbons (Fsp3) is 0.333. The fourth-order valence-corrected chi connectivity index (χ4v) is 1.58. The fourth-order valence-electron chi connectivity index (χ4n) is 1.58. The Kier molecular flexibility index (Phi) is 3.01. The van der Waals surface area contributed by atoms with E-state index in [4.69, 9.17) is 0 Å². The van der Waals surface area contributed by atoms with Crippen LogP contribution in [0.2, 0.25) is 0 Å². The van der Waals surface area contributed by atoms with E-state index in [0.29, 0.717) is 6.54 Å². The van der Waals surface area contributed by atoms with E-state index in [1.807, 2.05) is 43.3 Å². The molecule has 0 fully saturated rings. The van der Waals surface area contributed by atoms with Gasteiger partial charge in [0, 0.05) is 11.9 Å². The Morgan fingerprint density at radius 1 is 1.31 bits per heavy atom. The van der Waals surface area contributed by atoms with Gasteiger partial charge in [-0.25, -0.2) is 4.68 Å². The van der Waals surface area contributed by atoms with E-state index in [1.54, 1.807) is 6.20 Å². The van der Waals surface area contributed by atoms with E-state index in [1.165, 1.54) is 4.68 Å². The Hall–Kier alpha value is -1.68. The molecule has 0 radical (unpaired) electrons. The van der Waals surface area contributed by atoms with Crippen LogP contribution in [-0.2, 0) is 6.54 Å². The summed E-state index contributed by atoms with van der Waals surface area (Å²) >= 11 is 0. The zero-order valence-corrected chi connectivity index (χ0v) is 9.55. The maximum Gasteiger partial charge on any atom is 0.274 e. The summed E-state index contributed by atoms with van der Waals surface area (Å²) in [6.07, 6.45) is 1.74. The third-order valence-electron chi connectivity index (χ3n) is 2.52. The molecule has 0 spiro atoms. The van der Waals surface area contributed by atoms with Crippen molar-refractivity contribution >= 4 is 10.8 Å². The van der Waals surface area contributed by atoms with Crippen LogP contribution in [0.25, 0.3) is 10.8 Å². The van der Waals surface area contributed by atoms with Crippen LogP contribution in [-0.4, -0.2) is 35.3 Å². The van der Waals surface area contributed by atoms with Crippen LogP contribution in [0.1, 0.15) is 0 Å². The van der Waals surface area contributed by atoms with E-state index in [-0.39, 0.29) is 5.56 Å². The predicted molar refractivity (Wildman–Crippen MR) is 64.6 cm³/mol. The molecule has 0 saturated heterocycles. The van der Waals surface area contributed by atoms with Gasteiger partial charge in [-0.15, -0.1) is 0 Å². The second-order valence-electron chi connectivity index (χ2n) is 4.06. The first-order valence-corrected chi connectivity index (χ1v) is 5.28. The summed E-state index contributed by atoms with van der Waals surface area (Å²) in [4.78, 5) is 14.1. The maximum atomic E-state index is 12.0. The van der Waals surface area contributed by atoms with Gasteiger partial charge in [-0.05, 0) is 20.2 Å². The van der Waals surface area contributed by atoms with Gasteiger partial charge in [-0.3, -0.25) is 4.79 Å². The van der Waals surface area contributed by atoms with Crippen molar-refractivity contribution in [3.8, 4) is 0 Å². The van der Waals surface area contributed by atoms with Crippen LogP contribution in [0.5, 0.6) is 0 Å². The van der Waals surface area contributed by atoms with E-state index in [0.717, 1.165) is 17.3 Å². The molecule has 16 heavy (non-hydrogen) atoms. The van der Waals surface area contributed by atoms with Crippen molar-refractivity contribution in [1.82, 2.24) is 14.7 Å². The summed E-state index contributed by atoms with van der Waals surface area (Å²) in [6.45, 7) is 1.43. The molecule has 0 unspecified atom stereocenters. The molecule has 1 aromatic heterocycles. The van der Waals surface area contributed by atoms with Gasteiger partial charge in [0.2, 0.25) is 0 Å². The van der Waals surface area contributed by atoms with Gasteiger partial charge >= 0.3 is 0 Å². The number of benzene rings is 1. The van der Waals surface area contributed by atoms with Crippen LogP contribution < -0.4 is 5.56 Å². The van der Waals surface area contributed by atoms with Gasteiger partial charge in [-0.2, -0.15) is 5.10 Å². The highest BCUT2D eigenvalue weighted by Crippen LogP contribution is 2.06. The lowest BCUT2D eigenvalue weighted by molar-refractivity contribution is 0.368. The van der Waals surface area contributed by atoms with Crippen molar-refractivity contribution in [2.24, 2.45) is 0 Å². The number of hydrogen-bond acceptors (Lipinski definition) is 3. The van der Waals surface area contributed by atoms with Gasteiger partial charge < -0.3 is 4.90 Å². The van der Waals surface area contributed by atoms with Crippen LogP contribution in [0.3, 0.4) is 0 Å². The number of rotatable bonds is 3. The van der Waals surface area contributed by atoms with Crippen molar-refractivity contribution in [2.75, 3.05) is 20.6 Å². The van der Waals surface area contributed by atoms with Crippen molar-refractivity contribution in [3.05, 3.63) is 40.8 Å². The molecule has 2 rings (SSSR count). The normalized spacial score (nSPS) is 11.2. The van der Waals surface area contributed by atoms with Crippen LogP contribution in [0, 0.1) is 0 Å². The Morgan fingerprint density at radius 2 is 2.06 bits per heavy atom. The minimum Gasteiger partial charge on any atom is -0.308 e. The largest absolute Gasteiger partial charge is 0.308 e. The van der Waals surface area contributed by atoms with Gasteiger partial charge in [-0.1, -0.05) is 18.2 Å². The third kappa shape index (κ3) is 2.12. The summed E-state index contributed by atoms with van der Waals surface area (Å²) in [7, 11) is 3.96. The van der Waals surface area contributed by atoms with E-state index < -0.39 is 0 Å². The molecule has 2 aromatic rings. The third-order valence-corrected chi connectivity index (χ3v) is 2.52. The molecule has 1 heterocycles. The second kappa shape index (κ2) is 4.45. The summed E-state index contributed by atoms with van der Waals surface area (Å²) < 4.78 is 1.52. The Labute approximate surface area is 94.1 Å². The average Bonchev–Trinajstić information content (AvgIpc) is 2.28. The van der Waals surface area contributed by atoms with Gasteiger partial charge in [0.05, 0.1) is 18.1 Å². The number of hydrogen-bond donors (Lipinski definition) is 0. The lowest BCUT2D eigenvalue weighted by atomic mass is 10.2. The second-order valence-corrected chi connectivity index (χ2v) is 4.06. The molecular weight excluding hydrogens is 202 g/mol. The molecule has 4 nitrogen and oxygen atoms in total. The van der Waals surface area contributed by atoms with Crippen molar-refractivity contribution in [2.45, 2.75) is 6.54 Å². The molecule has 0 saturated carbocycles. The molecule has 84 valence electrons. The predicted octanol–water partition coefficient (Wildman–Crippen LogP) is 0.958. The monoisotopic (exact) mass is 217 g/mol. The summed E-state index contributed by atoms with van der Waals surface area (Å²) in [5.74, 6) is 0. The van der Waals surface area contributed by atoms with E-state index in [9.17, 15) is 4.79 Å². The molecule has 0 aliphatic rings. The average molecular weight is 217 g/mol. The van der Waals surface area contributed by atoms with Crippen LogP contribution in [0.4, 0.5) is 0 Å². The zero-order chi connectivity index (χ0) is 11.5. The van der Waals surface area contributed by atoms with Gasteiger partial charge in [0.15, 0.2) is 0 Å². The molecule has 0 atom stereocenters. The number of fused-ring (bicyclic) bond motifs is 1. The van der Waals surface area contributed by atoms with E-state index >= 15 is 0 Å². The van der Waals surface area contributed by atoms with Gasteiger partial charge in [0.1, 0.15) is 0 Å². The topological polar surface area (TPSA) is 38.1 Å². The quantitative estimate of drug-likeness (QED) is 0.768. The first-order chi connectivity index (χ1) is 7.68. The Morgan fingerprint density at radius 3 is 2.81 bits per heavy atom. The lowest BCUT2D eigenvalue weighted by Gasteiger charge is -2.10. The van der Waals surface area contributed by atoms with Crippen molar-refractivity contribution < 1.29 is 0 Å². The Balaban J connectivity index is 2.41. The SMILES string of the molecule is CN(C)CCn1ncc2ccccc2c1=O. The molecule has 0 N–H and O–H groups in total. The van der Waals surface area contributed by atoms with Gasteiger partial charge in [0.25, 0.3) is 5.56 Å². The minimum atomic E-state index is -0.0139. The number of nitrogens with zero attached hydrogens (tertiary/aromatic N) is 3. The Bertz CT molecular complexity index is 545. The standard InChI is InChI=1S/C12H15N3O/c1-14(2)7-8-15-12(16)11-6-4-3-5-10(11)9-13-15/h3-6,9H,7-8H2,1-2H3. The maximum absolute atomic E-state index is 12.0. The highest BCUT2D eigenvalue weighted by atomic mass is 16.1. The van der Waals surface area contributed by atoms with E-state index in [2.05, 4.69) is 5.10 Å². The molecule has 0 bridgehead atoms. The first-order valence-electron chi connectivity index (χ1n) is 5.28. The molecule has 4 heteroatoms. The first kappa shape index (κ1) is 10.8.